The van der Waals surface area contributed by atoms with Gasteiger partial charge in [0.2, 0.25) is 5.82 Å². The van der Waals surface area contributed by atoms with Crippen molar-refractivity contribution in [1.29, 1.82) is 0 Å². The molecule has 2 rings (SSSR count). The fourth-order valence-corrected chi connectivity index (χ4v) is 1.60. The number of halogens is 3. The second kappa shape index (κ2) is 5.61. The maximum absolute atomic E-state index is 13.6. The average molecular weight is 296 g/mol. The van der Waals surface area contributed by atoms with Gasteiger partial charge in [0.1, 0.15) is 11.6 Å². The number of hydrogen-bond acceptors (Lipinski definition) is 3. The Hall–Kier alpha value is -2.90. The van der Waals surface area contributed by atoms with Crippen LogP contribution in [0, 0.1) is 27.6 Å². The minimum Gasteiger partial charge on any atom is -0.319 e. The predicted molar refractivity (Wildman–Crippen MR) is 67.4 cm³/mol. The molecule has 0 atom stereocenters. The molecule has 0 unspecified atom stereocenters. The maximum atomic E-state index is 13.6. The van der Waals surface area contributed by atoms with Crippen molar-refractivity contribution in [3.8, 4) is 0 Å². The van der Waals surface area contributed by atoms with Crippen LogP contribution in [0.3, 0.4) is 0 Å². The first-order valence-electron chi connectivity index (χ1n) is 5.59. The highest BCUT2D eigenvalue weighted by molar-refractivity contribution is 6.04. The van der Waals surface area contributed by atoms with E-state index in [0.29, 0.717) is 12.1 Å². The minimum absolute atomic E-state index is 0.222. The quantitative estimate of drug-likeness (QED) is 0.698. The van der Waals surface area contributed by atoms with Crippen LogP contribution in [0.15, 0.2) is 36.4 Å². The number of anilines is 1. The molecule has 2 aromatic rings. The van der Waals surface area contributed by atoms with Gasteiger partial charge in [-0.3, -0.25) is 14.9 Å². The van der Waals surface area contributed by atoms with E-state index >= 15 is 0 Å². The lowest BCUT2D eigenvalue weighted by Crippen LogP contribution is -2.15. The van der Waals surface area contributed by atoms with Crippen LogP contribution in [0.5, 0.6) is 0 Å². The Kier molecular flexibility index (Phi) is 3.88. The van der Waals surface area contributed by atoms with Crippen LogP contribution < -0.4 is 5.32 Å². The number of benzene rings is 2. The maximum Gasteiger partial charge on any atom is 0.307 e. The zero-order valence-corrected chi connectivity index (χ0v) is 10.3. The number of nitro groups is 1. The molecule has 21 heavy (non-hydrogen) atoms. The summed E-state index contributed by atoms with van der Waals surface area (Å²) in [5, 5.41) is 12.5. The lowest BCUT2D eigenvalue weighted by molar-refractivity contribution is -0.387. The van der Waals surface area contributed by atoms with E-state index in [-0.39, 0.29) is 5.69 Å². The molecule has 0 bridgehead atoms. The topological polar surface area (TPSA) is 72.2 Å². The van der Waals surface area contributed by atoms with E-state index in [1.165, 1.54) is 18.2 Å². The van der Waals surface area contributed by atoms with Crippen molar-refractivity contribution in [3.63, 3.8) is 0 Å². The molecule has 0 radical (unpaired) electrons. The van der Waals surface area contributed by atoms with E-state index in [9.17, 15) is 28.1 Å². The average Bonchev–Trinajstić information content (AvgIpc) is 2.43. The molecule has 0 aliphatic heterocycles. The summed E-state index contributed by atoms with van der Waals surface area (Å²) >= 11 is 0. The Bertz CT molecular complexity index is 735. The number of rotatable bonds is 3. The largest absolute Gasteiger partial charge is 0.319 e. The molecule has 0 heterocycles. The van der Waals surface area contributed by atoms with Gasteiger partial charge < -0.3 is 5.32 Å². The van der Waals surface area contributed by atoms with Gasteiger partial charge >= 0.3 is 5.69 Å². The molecule has 0 saturated heterocycles. The van der Waals surface area contributed by atoms with Gasteiger partial charge in [0.15, 0.2) is 0 Å². The Morgan fingerprint density at radius 2 is 1.71 bits per heavy atom. The van der Waals surface area contributed by atoms with Crippen molar-refractivity contribution in [2.24, 2.45) is 0 Å². The smallest absolute Gasteiger partial charge is 0.307 e. The molecule has 1 amide bonds. The van der Waals surface area contributed by atoms with Crippen molar-refractivity contribution in [2.45, 2.75) is 0 Å². The molecule has 108 valence electrons. The van der Waals surface area contributed by atoms with Crippen molar-refractivity contribution in [1.82, 2.24) is 0 Å². The van der Waals surface area contributed by atoms with Crippen molar-refractivity contribution >= 4 is 17.3 Å². The van der Waals surface area contributed by atoms with Crippen LogP contribution >= 0.6 is 0 Å². The molecule has 0 spiro atoms. The van der Waals surface area contributed by atoms with Gasteiger partial charge in [-0.15, -0.1) is 0 Å². The Balaban J connectivity index is 2.34. The highest BCUT2D eigenvalue weighted by Gasteiger charge is 2.22. The van der Waals surface area contributed by atoms with Gasteiger partial charge in [-0.1, -0.05) is 12.1 Å². The van der Waals surface area contributed by atoms with E-state index in [0.717, 1.165) is 6.07 Å². The summed E-state index contributed by atoms with van der Waals surface area (Å²) in [5.41, 5.74) is -2.07. The van der Waals surface area contributed by atoms with E-state index in [1.807, 2.05) is 0 Å². The second-order valence-corrected chi connectivity index (χ2v) is 3.97. The number of nitro benzene ring substituents is 1. The van der Waals surface area contributed by atoms with Crippen LogP contribution in [-0.4, -0.2) is 10.8 Å². The van der Waals surface area contributed by atoms with Crippen LogP contribution in [0.4, 0.5) is 24.5 Å². The standard InChI is InChI=1S/C13H7F3N2O3/c14-8-3-1-2-4-11(8)17-13(19)7-5-10(16)12(18(20)21)6-9(7)15/h1-6H,(H,17,19). The summed E-state index contributed by atoms with van der Waals surface area (Å²) in [5.74, 6) is -4.52. The molecular weight excluding hydrogens is 289 g/mol. The van der Waals surface area contributed by atoms with Gasteiger partial charge in [0.05, 0.1) is 22.2 Å². The van der Waals surface area contributed by atoms with Crippen LogP contribution in [0.25, 0.3) is 0 Å². The van der Waals surface area contributed by atoms with Gasteiger partial charge in [-0.2, -0.15) is 4.39 Å². The molecule has 5 nitrogen and oxygen atoms in total. The molecular formula is C13H7F3N2O3. The molecule has 0 aliphatic carbocycles. The fraction of sp³-hybridized carbons (Fsp3) is 0. The summed E-state index contributed by atoms with van der Waals surface area (Å²) in [6.45, 7) is 0. The minimum atomic E-state index is -1.36. The monoisotopic (exact) mass is 296 g/mol. The molecule has 1 N–H and O–H groups in total. The molecule has 0 aromatic heterocycles. The van der Waals surface area contributed by atoms with Gasteiger partial charge in [-0.25, -0.2) is 8.78 Å². The number of carbonyl (C=O) groups is 1. The summed E-state index contributed by atoms with van der Waals surface area (Å²) in [7, 11) is 0. The third-order valence-electron chi connectivity index (χ3n) is 2.60. The summed E-state index contributed by atoms with van der Waals surface area (Å²) in [6, 6.07) is 5.81. The number of nitrogens with one attached hydrogen (secondary N) is 1. The highest BCUT2D eigenvalue weighted by Crippen LogP contribution is 2.22. The molecule has 2 aromatic carbocycles. The number of hydrogen-bond donors (Lipinski definition) is 1. The van der Waals surface area contributed by atoms with E-state index < -0.39 is 39.5 Å². The van der Waals surface area contributed by atoms with Crippen molar-refractivity contribution in [2.75, 3.05) is 5.32 Å². The van der Waals surface area contributed by atoms with Gasteiger partial charge in [0, 0.05) is 0 Å². The van der Waals surface area contributed by atoms with Crippen molar-refractivity contribution in [3.05, 3.63) is 69.5 Å². The number of para-hydroxylation sites is 1. The van der Waals surface area contributed by atoms with E-state index in [1.54, 1.807) is 0 Å². The highest BCUT2D eigenvalue weighted by atomic mass is 19.1. The van der Waals surface area contributed by atoms with Crippen LogP contribution in [-0.2, 0) is 0 Å². The third kappa shape index (κ3) is 2.99. The first kappa shape index (κ1) is 14.5. The number of nitrogens with zero attached hydrogens (tertiary/aromatic N) is 1. The normalized spacial score (nSPS) is 10.2. The first-order valence-corrected chi connectivity index (χ1v) is 5.59. The number of amides is 1. The molecule has 0 fully saturated rings. The van der Waals surface area contributed by atoms with E-state index in [4.69, 9.17) is 0 Å². The number of carbonyl (C=O) groups excluding carboxylic acids is 1. The predicted octanol–water partition coefficient (Wildman–Crippen LogP) is 3.26. The lowest BCUT2D eigenvalue weighted by Gasteiger charge is -2.07. The summed E-state index contributed by atoms with van der Waals surface area (Å²) in [6.07, 6.45) is 0. The zero-order chi connectivity index (χ0) is 15.6. The second-order valence-electron chi connectivity index (χ2n) is 3.97. The summed E-state index contributed by atoms with van der Waals surface area (Å²) in [4.78, 5) is 21.1. The molecule has 0 aliphatic rings. The van der Waals surface area contributed by atoms with Gasteiger partial charge in [0.25, 0.3) is 5.91 Å². The molecule has 8 heteroatoms. The Labute approximate surface area is 116 Å². The van der Waals surface area contributed by atoms with E-state index in [2.05, 4.69) is 5.32 Å². The Morgan fingerprint density at radius 3 is 2.33 bits per heavy atom. The Morgan fingerprint density at radius 1 is 1.05 bits per heavy atom. The SMILES string of the molecule is O=C(Nc1ccccc1F)c1cc(F)c([N+](=O)[O-])cc1F. The summed E-state index contributed by atoms with van der Waals surface area (Å²) < 4.78 is 40.4. The third-order valence-corrected chi connectivity index (χ3v) is 2.60. The first-order chi connectivity index (χ1) is 9.90. The van der Waals surface area contributed by atoms with Crippen molar-refractivity contribution < 1.29 is 22.9 Å². The van der Waals surface area contributed by atoms with Gasteiger partial charge in [-0.05, 0) is 18.2 Å². The fourth-order valence-electron chi connectivity index (χ4n) is 1.60. The van der Waals surface area contributed by atoms with Crippen LogP contribution in [0.2, 0.25) is 0 Å². The lowest BCUT2D eigenvalue weighted by atomic mass is 10.1. The molecule has 0 saturated carbocycles. The van der Waals surface area contributed by atoms with Crippen LogP contribution in [0.1, 0.15) is 10.4 Å². The zero-order valence-electron chi connectivity index (χ0n) is 10.3.